The quantitative estimate of drug-likeness (QED) is 0.351. The van der Waals surface area contributed by atoms with Crippen molar-refractivity contribution < 1.29 is 14.9 Å². The second-order valence-corrected chi connectivity index (χ2v) is 8.28. The van der Waals surface area contributed by atoms with E-state index in [0.29, 0.717) is 0 Å². The fraction of sp³-hybridized carbons (Fsp3) is 0.917. The second kappa shape index (κ2) is 8.04. The predicted octanol–water partition coefficient (Wildman–Crippen LogP) is 1.18. The first-order valence-corrected chi connectivity index (χ1v) is 7.69. The Bertz CT molecular complexity index is 273. The molecule has 5 nitrogen and oxygen atoms in total. The summed E-state index contributed by atoms with van der Waals surface area (Å²) < 4.78 is 5.44. The Morgan fingerprint density at radius 3 is 2.17 bits per heavy atom. The molecule has 0 radical (unpaired) electrons. The highest BCUT2D eigenvalue weighted by Gasteiger charge is 2.46. The average molecular weight is 276 g/mol. The number of nitrogens with zero attached hydrogens (tertiary/aromatic N) is 1. The number of nitriles is 1. The van der Waals surface area contributed by atoms with Gasteiger partial charge in [-0.25, -0.2) is 0 Å². The Balaban J connectivity index is 5.10. The summed E-state index contributed by atoms with van der Waals surface area (Å²) in [5, 5.41) is 29.2. The molecule has 4 N–H and O–H groups in total. The molecule has 0 spiro atoms. The molecule has 0 amide bonds. The Labute approximate surface area is 111 Å². The maximum atomic E-state index is 10.7. The van der Waals surface area contributed by atoms with Gasteiger partial charge in [-0.15, -0.1) is 0 Å². The first-order chi connectivity index (χ1) is 8.31. The van der Waals surface area contributed by atoms with E-state index in [4.69, 9.17) is 15.7 Å². The summed E-state index contributed by atoms with van der Waals surface area (Å²) in [5.74, 6) is 0. The normalized spacial score (nSPS) is 16.9. The fourth-order valence-corrected chi connectivity index (χ4v) is 5.44. The number of rotatable bonds is 8. The van der Waals surface area contributed by atoms with Crippen LogP contribution in [0.3, 0.4) is 0 Å². The molecule has 2 atom stereocenters. The smallest absolute Gasteiger partial charge is 0.212 e. The zero-order valence-corrected chi connectivity index (χ0v) is 12.5. The van der Waals surface area contributed by atoms with Crippen LogP contribution in [0.25, 0.3) is 0 Å². The highest BCUT2D eigenvalue weighted by molar-refractivity contribution is 7.60. The van der Waals surface area contributed by atoms with E-state index in [-0.39, 0.29) is 30.9 Å². The Kier molecular flexibility index (Phi) is 7.93. The van der Waals surface area contributed by atoms with Crippen LogP contribution in [-0.2, 0) is 4.74 Å². The molecule has 0 aliphatic heterocycles. The van der Waals surface area contributed by atoms with E-state index in [0.717, 1.165) is 0 Å². The van der Waals surface area contributed by atoms with Crippen LogP contribution in [0.2, 0.25) is 0 Å². The highest BCUT2D eigenvalue weighted by atomic mass is 31.1. The number of aliphatic hydroxyl groups excluding tert-OH is 1. The standard InChI is InChI=1S/C12H25N2O3P/c1-9(2)18(10(3)4)12(16,11(15)8-14)17-7-5-6-13/h9-11,15-16H,5,7-8,14H2,1-4H3. The lowest BCUT2D eigenvalue weighted by Gasteiger charge is -2.43. The summed E-state index contributed by atoms with van der Waals surface area (Å²) >= 11 is 0. The minimum absolute atomic E-state index is 0.0681. The van der Waals surface area contributed by atoms with Gasteiger partial charge < -0.3 is 20.7 Å². The van der Waals surface area contributed by atoms with Crippen LogP contribution in [0.15, 0.2) is 0 Å². The summed E-state index contributed by atoms with van der Waals surface area (Å²) in [7, 11) is -0.992. The number of ether oxygens (including phenoxy) is 1. The molecule has 0 aromatic rings. The van der Waals surface area contributed by atoms with E-state index in [9.17, 15) is 10.2 Å². The van der Waals surface area contributed by atoms with E-state index >= 15 is 0 Å². The summed E-state index contributed by atoms with van der Waals surface area (Å²) in [5.41, 5.74) is 4.20. The monoisotopic (exact) mass is 276 g/mol. The molecular weight excluding hydrogens is 251 g/mol. The van der Waals surface area contributed by atoms with Crippen LogP contribution >= 0.6 is 7.92 Å². The minimum atomic E-state index is -1.64. The third-order valence-electron chi connectivity index (χ3n) is 2.67. The summed E-state index contributed by atoms with van der Waals surface area (Å²) in [6, 6.07) is 1.95. The SMILES string of the molecule is CC(C)P(C(C)C)C(O)(OCCC#N)C(O)CN. The lowest BCUT2D eigenvalue weighted by molar-refractivity contribution is -0.192. The summed E-state index contributed by atoms with van der Waals surface area (Å²) in [4.78, 5) is 0. The van der Waals surface area contributed by atoms with Gasteiger partial charge >= 0.3 is 0 Å². The Morgan fingerprint density at radius 2 is 1.83 bits per heavy atom. The Hall–Kier alpha value is -0.240. The van der Waals surface area contributed by atoms with Crippen LogP contribution in [-0.4, -0.2) is 46.3 Å². The van der Waals surface area contributed by atoms with E-state index < -0.39 is 19.6 Å². The minimum Gasteiger partial charge on any atom is -0.386 e. The van der Waals surface area contributed by atoms with Gasteiger partial charge in [0, 0.05) is 6.54 Å². The van der Waals surface area contributed by atoms with Crippen molar-refractivity contribution in [3.05, 3.63) is 0 Å². The van der Waals surface area contributed by atoms with Crippen molar-refractivity contribution in [1.29, 1.82) is 5.26 Å². The van der Waals surface area contributed by atoms with Crippen LogP contribution in [0.5, 0.6) is 0 Å². The molecule has 0 aromatic heterocycles. The molecule has 0 fully saturated rings. The van der Waals surface area contributed by atoms with Crippen molar-refractivity contribution in [3.8, 4) is 6.07 Å². The molecule has 0 aromatic carbocycles. The second-order valence-electron chi connectivity index (χ2n) is 4.76. The van der Waals surface area contributed by atoms with E-state index in [1.165, 1.54) is 0 Å². The molecule has 0 aliphatic rings. The molecule has 0 bridgehead atoms. The first kappa shape index (κ1) is 17.8. The van der Waals surface area contributed by atoms with Crippen molar-refractivity contribution in [2.24, 2.45) is 5.73 Å². The van der Waals surface area contributed by atoms with Crippen molar-refractivity contribution in [1.82, 2.24) is 0 Å². The topological polar surface area (TPSA) is 99.5 Å². The molecule has 18 heavy (non-hydrogen) atoms. The third-order valence-corrected chi connectivity index (χ3v) is 6.06. The zero-order valence-electron chi connectivity index (χ0n) is 11.6. The molecule has 0 saturated heterocycles. The molecule has 2 unspecified atom stereocenters. The van der Waals surface area contributed by atoms with E-state index in [1.54, 1.807) is 0 Å². The van der Waals surface area contributed by atoms with Gasteiger partial charge in [-0.1, -0.05) is 27.7 Å². The van der Waals surface area contributed by atoms with Crippen LogP contribution < -0.4 is 5.73 Å². The van der Waals surface area contributed by atoms with Crippen molar-refractivity contribution in [2.75, 3.05) is 13.2 Å². The van der Waals surface area contributed by atoms with Crippen molar-refractivity contribution >= 4 is 7.92 Å². The van der Waals surface area contributed by atoms with Gasteiger partial charge in [0.25, 0.3) is 0 Å². The summed E-state index contributed by atoms with van der Waals surface area (Å²) in [6.07, 6.45) is -0.953. The molecule has 0 heterocycles. The van der Waals surface area contributed by atoms with E-state index in [1.807, 2.05) is 33.8 Å². The first-order valence-electron chi connectivity index (χ1n) is 6.21. The van der Waals surface area contributed by atoms with Gasteiger partial charge in [0.1, 0.15) is 6.10 Å². The number of hydrogen-bond donors (Lipinski definition) is 3. The molecule has 0 rings (SSSR count). The van der Waals surface area contributed by atoms with Crippen molar-refractivity contribution in [2.45, 2.75) is 57.1 Å². The third kappa shape index (κ3) is 4.46. The Morgan fingerprint density at radius 1 is 1.33 bits per heavy atom. The predicted molar refractivity (Wildman–Crippen MR) is 73.4 cm³/mol. The summed E-state index contributed by atoms with van der Waals surface area (Å²) in [6.45, 7) is 8.01. The average Bonchev–Trinajstić information content (AvgIpc) is 2.27. The van der Waals surface area contributed by atoms with Crippen LogP contribution in [0.1, 0.15) is 34.1 Å². The van der Waals surface area contributed by atoms with Gasteiger partial charge in [-0.3, -0.25) is 0 Å². The van der Waals surface area contributed by atoms with Gasteiger partial charge in [0.05, 0.1) is 19.1 Å². The molecule has 106 valence electrons. The largest absolute Gasteiger partial charge is 0.386 e. The number of hydrogen-bond acceptors (Lipinski definition) is 5. The van der Waals surface area contributed by atoms with Crippen LogP contribution in [0, 0.1) is 11.3 Å². The molecule has 0 aliphatic carbocycles. The van der Waals surface area contributed by atoms with Crippen LogP contribution in [0.4, 0.5) is 0 Å². The van der Waals surface area contributed by atoms with E-state index in [2.05, 4.69) is 0 Å². The van der Waals surface area contributed by atoms with Crippen molar-refractivity contribution in [3.63, 3.8) is 0 Å². The van der Waals surface area contributed by atoms with Gasteiger partial charge in [0.15, 0.2) is 0 Å². The van der Waals surface area contributed by atoms with Gasteiger partial charge in [-0.2, -0.15) is 5.26 Å². The lowest BCUT2D eigenvalue weighted by Crippen LogP contribution is -2.49. The number of aliphatic hydroxyl groups is 2. The van der Waals surface area contributed by atoms with Gasteiger partial charge in [0.2, 0.25) is 5.53 Å². The molecule has 0 saturated carbocycles. The molecular formula is C12H25N2O3P. The fourth-order valence-electron chi connectivity index (χ4n) is 2.08. The number of nitrogens with two attached hydrogens (primary N) is 1. The zero-order chi connectivity index (χ0) is 14.3. The lowest BCUT2D eigenvalue weighted by atomic mass is 10.3. The molecule has 6 heteroatoms. The maximum Gasteiger partial charge on any atom is 0.212 e. The maximum absolute atomic E-state index is 10.7. The highest BCUT2D eigenvalue weighted by Crippen LogP contribution is 2.57. The van der Waals surface area contributed by atoms with Gasteiger partial charge in [-0.05, 0) is 19.2 Å².